The predicted octanol–water partition coefficient (Wildman–Crippen LogP) is 2.71. The highest BCUT2D eigenvalue weighted by molar-refractivity contribution is 8.76. The Morgan fingerprint density at radius 3 is 2.59 bits per heavy atom. The first kappa shape index (κ1) is 22.0. The first-order chi connectivity index (χ1) is 13.1. The van der Waals surface area contributed by atoms with Crippen LogP contribution in [0.25, 0.3) is 0 Å². The van der Waals surface area contributed by atoms with Gasteiger partial charge in [0.2, 0.25) is 11.8 Å². The van der Waals surface area contributed by atoms with E-state index in [1.165, 1.54) is 6.42 Å². The van der Waals surface area contributed by atoms with Gasteiger partial charge in [-0.2, -0.15) is 0 Å². The molecule has 1 aliphatic rings. The van der Waals surface area contributed by atoms with Crippen LogP contribution < -0.4 is 10.6 Å². The second-order valence-corrected chi connectivity index (χ2v) is 9.26. The topological polar surface area (TPSA) is 74.3 Å². The number of hydrogen-bond acceptors (Lipinski definition) is 6. The van der Waals surface area contributed by atoms with Crippen molar-refractivity contribution in [1.82, 2.24) is 20.5 Å². The van der Waals surface area contributed by atoms with Gasteiger partial charge in [-0.25, -0.2) is 4.98 Å². The SMILES string of the molecule is C[C@@H]1CCC[C@H]([13CH3])N1C[13C](=O)[15NH][13CH2]CC(=O)NCCSSc1ccccn1. The zero-order valence-corrected chi connectivity index (χ0v) is 17.8. The fourth-order valence-electron chi connectivity index (χ4n) is 3.14. The van der Waals surface area contributed by atoms with Crippen molar-refractivity contribution in [1.29, 1.82) is 0 Å². The van der Waals surface area contributed by atoms with Crippen molar-refractivity contribution in [3.63, 3.8) is 0 Å². The van der Waals surface area contributed by atoms with Gasteiger partial charge in [0, 0.05) is 43.5 Å². The fourth-order valence-corrected chi connectivity index (χ4v) is 4.93. The third kappa shape index (κ3) is 8.53. The summed E-state index contributed by atoms with van der Waals surface area (Å²) in [7, 11) is 3.26. The molecule has 150 valence electrons. The fraction of sp³-hybridized carbons (Fsp3) is 0.632. The van der Waals surface area contributed by atoms with Gasteiger partial charge < -0.3 is 10.6 Å². The van der Waals surface area contributed by atoms with Crippen LogP contribution in [0.1, 0.15) is 39.5 Å². The second kappa shape index (κ2) is 12.3. The molecule has 1 fully saturated rings. The molecular formula is C19H30N4O2S2. The van der Waals surface area contributed by atoms with Crippen molar-refractivity contribution in [2.75, 3.05) is 25.4 Å². The molecule has 6 nitrogen and oxygen atoms in total. The molecule has 2 N–H and O–H groups in total. The number of aromatic nitrogens is 1. The number of amides is 2. The summed E-state index contributed by atoms with van der Waals surface area (Å²) in [5.74, 6) is 0.786. The molecule has 8 heteroatoms. The largest absolute Gasteiger partial charge is 0.355 e. The second-order valence-electron chi connectivity index (χ2n) is 6.82. The lowest BCUT2D eigenvalue weighted by Crippen LogP contribution is -2.49. The number of likely N-dealkylation sites (tertiary alicyclic amines) is 1. The van der Waals surface area contributed by atoms with E-state index in [9.17, 15) is 9.59 Å². The maximum Gasteiger partial charge on any atom is 0.234 e. The summed E-state index contributed by atoms with van der Waals surface area (Å²) in [5.41, 5.74) is 0. The van der Waals surface area contributed by atoms with Crippen LogP contribution in [0, 0.1) is 0 Å². The Morgan fingerprint density at radius 1 is 1.15 bits per heavy atom. The number of nitrogens with zero attached hydrogens (tertiary/aromatic N) is 2. The third-order valence-electron chi connectivity index (χ3n) is 4.67. The summed E-state index contributed by atoms with van der Waals surface area (Å²) in [6.07, 6.45) is 5.62. The highest BCUT2D eigenvalue weighted by Crippen LogP contribution is 2.28. The van der Waals surface area contributed by atoms with Crippen molar-refractivity contribution >= 4 is 33.4 Å². The summed E-state index contributed by atoms with van der Waals surface area (Å²) in [6, 6.07) is 6.71. The smallest absolute Gasteiger partial charge is 0.234 e. The van der Waals surface area contributed by atoms with Crippen molar-refractivity contribution in [2.24, 2.45) is 0 Å². The average Bonchev–Trinajstić information content (AvgIpc) is 2.65. The molecule has 2 heterocycles. The average molecular weight is 415 g/mol. The van der Waals surface area contributed by atoms with Crippen LogP contribution in [-0.4, -0.2) is 59.2 Å². The van der Waals surface area contributed by atoms with Gasteiger partial charge >= 0.3 is 0 Å². The Labute approximate surface area is 170 Å². The lowest BCUT2D eigenvalue weighted by molar-refractivity contribution is -0.124. The van der Waals surface area contributed by atoms with Gasteiger partial charge in [0.1, 0.15) is 5.03 Å². The van der Waals surface area contributed by atoms with Crippen LogP contribution >= 0.6 is 21.6 Å². The van der Waals surface area contributed by atoms with Gasteiger partial charge in [0.15, 0.2) is 0 Å². The summed E-state index contributed by atoms with van der Waals surface area (Å²) in [5, 5.41) is 6.72. The number of hydrogen-bond donors (Lipinski definition) is 2. The Balaban J connectivity index is 1.50. The Hall–Kier alpha value is -1.25. The van der Waals surface area contributed by atoms with Gasteiger partial charge in [-0.3, -0.25) is 14.5 Å². The number of pyridine rings is 1. The van der Waals surface area contributed by atoms with E-state index < -0.39 is 0 Å². The third-order valence-corrected chi connectivity index (χ3v) is 6.93. The molecule has 2 amide bonds. The summed E-state index contributed by atoms with van der Waals surface area (Å²) >= 11 is 0. The first-order valence-electron chi connectivity index (χ1n) is 9.56. The van der Waals surface area contributed by atoms with E-state index in [0.717, 1.165) is 23.6 Å². The molecule has 0 aliphatic carbocycles. The molecule has 0 radical (unpaired) electrons. The van der Waals surface area contributed by atoms with E-state index in [1.54, 1.807) is 27.8 Å². The number of piperidine rings is 1. The van der Waals surface area contributed by atoms with Crippen molar-refractivity contribution in [3.8, 4) is 0 Å². The molecule has 0 unspecified atom stereocenters. The van der Waals surface area contributed by atoms with E-state index in [1.807, 2.05) is 18.2 Å². The van der Waals surface area contributed by atoms with E-state index in [0.29, 0.717) is 38.1 Å². The standard InChI is InChI=1S/C19H30N4O2S2/c1-15-6-5-7-16(2)23(15)14-18(25)20-11-9-17(24)21-12-13-26-27-19-8-3-4-10-22-19/h3-4,8,10,15-16H,5-7,9,11-14H2,1-2H3,(H,20,25)(H,21,24)/t15-,16+/i1+1,11+1,18+1,20+1/m0/s1. The van der Waals surface area contributed by atoms with Crippen molar-refractivity contribution in [2.45, 2.75) is 56.6 Å². The minimum absolute atomic E-state index is 0.00529. The molecule has 1 aliphatic heterocycles. The number of carbonyl (C=O) groups excluding carboxylic acids is 2. The van der Waals surface area contributed by atoms with Gasteiger partial charge in [-0.15, -0.1) is 0 Å². The summed E-state index contributed by atoms with van der Waals surface area (Å²) in [4.78, 5) is 30.5. The lowest BCUT2D eigenvalue weighted by atomic mass is 10.0. The zero-order chi connectivity index (χ0) is 19.5. The molecule has 2 atom stereocenters. The molecule has 2 rings (SSSR count). The molecule has 27 heavy (non-hydrogen) atoms. The van der Waals surface area contributed by atoms with Crippen LogP contribution in [-0.2, 0) is 9.59 Å². The van der Waals surface area contributed by atoms with Crippen LogP contribution in [0.5, 0.6) is 0 Å². The van der Waals surface area contributed by atoms with Gasteiger partial charge in [0.05, 0.1) is 6.54 Å². The first-order valence-corrected chi connectivity index (χ1v) is 11.9. The highest BCUT2D eigenvalue weighted by atomic mass is 33.1. The molecule has 0 spiro atoms. The van der Waals surface area contributed by atoms with Crippen LogP contribution in [0.2, 0.25) is 0 Å². The number of rotatable bonds is 10. The van der Waals surface area contributed by atoms with Crippen LogP contribution in [0.15, 0.2) is 29.4 Å². The maximum atomic E-state index is 12.1. The molecule has 0 bridgehead atoms. The van der Waals surface area contributed by atoms with Gasteiger partial charge in [0.25, 0.3) is 0 Å². The summed E-state index contributed by atoms with van der Waals surface area (Å²) in [6.45, 7) is 5.78. The predicted molar refractivity (Wildman–Crippen MR) is 113 cm³/mol. The van der Waals surface area contributed by atoms with E-state index in [4.69, 9.17) is 0 Å². The Bertz CT molecular complexity index is 578. The molecule has 1 saturated heterocycles. The van der Waals surface area contributed by atoms with Crippen molar-refractivity contribution < 1.29 is 9.59 Å². The Kier molecular flexibility index (Phi) is 10.0. The lowest BCUT2D eigenvalue weighted by Gasteiger charge is -2.38. The quantitative estimate of drug-likeness (QED) is 0.265. The maximum absolute atomic E-state index is 12.1. The monoisotopic (exact) mass is 414 g/mol. The molecule has 0 aromatic carbocycles. The minimum Gasteiger partial charge on any atom is -0.355 e. The number of carbonyl (C=O) groups is 2. The van der Waals surface area contributed by atoms with Gasteiger partial charge in [-0.05, 0) is 49.6 Å². The Morgan fingerprint density at radius 2 is 1.89 bits per heavy atom. The van der Waals surface area contributed by atoms with E-state index >= 15 is 0 Å². The van der Waals surface area contributed by atoms with E-state index in [-0.39, 0.29) is 11.8 Å². The molecule has 1 aromatic heterocycles. The minimum atomic E-state index is -0.0292. The summed E-state index contributed by atoms with van der Waals surface area (Å²) < 4.78 is 0. The highest BCUT2D eigenvalue weighted by Gasteiger charge is 2.26. The van der Waals surface area contributed by atoms with Gasteiger partial charge in [-0.1, -0.05) is 23.3 Å². The molecule has 1 aromatic rings. The van der Waals surface area contributed by atoms with Crippen LogP contribution in [0.3, 0.4) is 0 Å². The van der Waals surface area contributed by atoms with Crippen LogP contribution in [0.4, 0.5) is 0 Å². The molecule has 0 saturated carbocycles. The number of nitrogens with one attached hydrogen (secondary N) is 2. The molecular weight excluding hydrogens is 384 g/mol. The van der Waals surface area contributed by atoms with Crippen molar-refractivity contribution in [3.05, 3.63) is 24.4 Å². The van der Waals surface area contributed by atoms with E-state index in [2.05, 4.69) is 34.4 Å². The normalized spacial score (nSPS) is 20.2. The zero-order valence-electron chi connectivity index (χ0n) is 16.1.